The van der Waals surface area contributed by atoms with Gasteiger partial charge in [0, 0.05) is 13.2 Å². The Hall–Kier alpha value is -3.38. The van der Waals surface area contributed by atoms with E-state index in [0.717, 1.165) is 6.20 Å². The molecule has 0 saturated carbocycles. The number of benzene rings is 1. The van der Waals surface area contributed by atoms with Gasteiger partial charge in [-0.05, 0) is 24.7 Å². The first kappa shape index (κ1) is 21.3. The second kappa shape index (κ2) is 8.97. The SMILES string of the molecule is CNS(=O)(=O)c1ccc(-c2nnn(C)c2NC(=O)O[C@H](CF)c2ccccc2)nc1. The van der Waals surface area contributed by atoms with Gasteiger partial charge in [0.05, 0.1) is 5.69 Å². The van der Waals surface area contributed by atoms with Gasteiger partial charge in [-0.1, -0.05) is 35.5 Å². The van der Waals surface area contributed by atoms with Crippen LogP contribution >= 0.6 is 0 Å². The van der Waals surface area contributed by atoms with Crippen LogP contribution in [-0.2, 0) is 21.8 Å². The molecule has 2 aromatic heterocycles. The summed E-state index contributed by atoms with van der Waals surface area (Å²) < 4.78 is 45.7. The van der Waals surface area contributed by atoms with Crippen molar-refractivity contribution in [2.75, 3.05) is 19.0 Å². The van der Waals surface area contributed by atoms with Crippen molar-refractivity contribution in [1.29, 1.82) is 0 Å². The smallest absolute Gasteiger partial charge is 0.413 e. The van der Waals surface area contributed by atoms with Gasteiger partial charge in [-0.15, -0.1) is 5.10 Å². The van der Waals surface area contributed by atoms with Crippen LogP contribution in [-0.4, -0.2) is 48.2 Å². The quantitative estimate of drug-likeness (QED) is 0.582. The number of alkyl halides is 1. The molecule has 1 aromatic carbocycles. The van der Waals surface area contributed by atoms with E-state index in [-0.39, 0.29) is 22.1 Å². The van der Waals surface area contributed by atoms with Crippen molar-refractivity contribution < 1.29 is 22.3 Å². The van der Waals surface area contributed by atoms with Crippen molar-refractivity contribution >= 4 is 21.9 Å². The minimum atomic E-state index is -3.64. The summed E-state index contributed by atoms with van der Waals surface area (Å²) in [4.78, 5) is 16.4. The molecule has 0 spiro atoms. The van der Waals surface area contributed by atoms with E-state index in [1.165, 1.54) is 30.9 Å². The van der Waals surface area contributed by atoms with Gasteiger partial charge in [-0.3, -0.25) is 10.3 Å². The molecule has 30 heavy (non-hydrogen) atoms. The minimum Gasteiger partial charge on any atom is -0.438 e. The molecule has 0 saturated heterocycles. The van der Waals surface area contributed by atoms with Crippen molar-refractivity contribution in [3.63, 3.8) is 0 Å². The zero-order chi connectivity index (χ0) is 21.7. The maximum atomic E-state index is 13.4. The third-order valence-electron chi connectivity index (χ3n) is 4.17. The van der Waals surface area contributed by atoms with Crippen molar-refractivity contribution in [2.45, 2.75) is 11.0 Å². The molecule has 12 heteroatoms. The van der Waals surface area contributed by atoms with Crippen LogP contribution in [0.5, 0.6) is 0 Å². The Bertz CT molecular complexity index is 1120. The molecule has 3 rings (SSSR count). The van der Waals surface area contributed by atoms with Gasteiger partial charge in [0.1, 0.15) is 11.6 Å². The molecular weight excluding hydrogens is 415 g/mol. The standard InChI is InChI=1S/C18H19FN6O4S/c1-20-30(27,28)13-8-9-14(21-11-13)16-17(25(2)24-23-16)22-18(26)29-15(10-19)12-6-4-3-5-7-12/h3-9,11,15,20H,10H2,1-2H3,(H,22,26)/t15-/m1/s1. The van der Waals surface area contributed by atoms with Crippen molar-refractivity contribution in [3.8, 4) is 11.4 Å². The number of halogens is 1. The fourth-order valence-corrected chi connectivity index (χ4v) is 3.25. The van der Waals surface area contributed by atoms with E-state index >= 15 is 0 Å². The molecule has 0 bridgehead atoms. The van der Waals surface area contributed by atoms with E-state index in [1.807, 2.05) is 0 Å². The minimum absolute atomic E-state index is 0.0276. The summed E-state index contributed by atoms with van der Waals surface area (Å²) in [6, 6.07) is 11.3. The fraction of sp³-hybridized carbons (Fsp3) is 0.222. The van der Waals surface area contributed by atoms with Crippen LogP contribution in [0.25, 0.3) is 11.4 Å². The van der Waals surface area contributed by atoms with Crippen LogP contribution in [0.3, 0.4) is 0 Å². The van der Waals surface area contributed by atoms with E-state index < -0.39 is 28.9 Å². The molecule has 10 nitrogen and oxygen atoms in total. The van der Waals surface area contributed by atoms with Gasteiger partial charge in [0.2, 0.25) is 10.0 Å². The van der Waals surface area contributed by atoms with E-state index in [1.54, 1.807) is 30.3 Å². The lowest BCUT2D eigenvalue weighted by Crippen LogP contribution is -2.20. The van der Waals surface area contributed by atoms with Gasteiger partial charge >= 0.3 is 6.09 Å². The highest BCUT2D eigenvalue weighted by Crippen LogP contribution is 2.25. The molecule has 0 aliphatic carbocycles. The summed E-state index contributed by atoms with van der Waals surface area (Å²) in [7, 11) is -0.814. The molecule has 0 unspecified atom stereocenters. The van der Waals surface area contributed by atoms with Gasteiger partial charge in [-0.2, -0.15) is 0 Å². The number of aryl methyl sites for hydroxylation is 1. The molecule has 0 aliphatic heterocycles. The zero-order valence-electron chi connectivity index (χ0n) is 16.1. The van der Waals surface area contributed by atoms with Crippen LogP contribution in [0.1, 0.15) is 11.7 Å². The lowest BCUT2D eigenvalue weighted by molar-refractivity contribution is 0.0928. The van der Waals surface area contributed by atoms with Crippen LogP contribution < -0.4 is 10.0 Å². The second-order valence-corrected chi connectivity index (χ2v) is 7.97. The number of anilines is 1. The summed E-state index contributed by atoms with van der Waals surface area (Å²) in [6.07, 6.45) is -0.811. The van der Waals surface area contributed by atoms with Crippen LogP contribution in [0, 0.1) is 0 Å². The first-order valence-corrected chi connectivity index (χ1v) is 10.2. The summed E-state index contributed by atoms with van der Waals surface area (Å²) >= 11 is 0. The maximum absolute atomic E-state index is 13.4. The predicted molar refractivity (Wildman–Crippen MR) is 106 cm³/mol. The van der Waals surface area contributed by atoms with Crippen LogP contribution in [0.4, 0.5) is 15.0 Å². The number of nitrogens with zero attached hydrogens (tertiary/aromatic N) is 4. The first-order chi connectivity index (χ1) is 14.4. The fourth-order valence-electron chi connectivity index (χ4n) is 2.58. The number of rotatable bonds is 7. The van der Waals surface area contributed by atoms with Gasteiger partial charge < -0.3 is 4.74 Å². The van der Waals surface area contributed by atoms with E-state index in [2.05, 4.69) is 25.3 Å². The first-order valence-electron chi connectivity index (χ1n) is 8.74. The third kappa shape index (κ3) is 4.60. The molecule has 0 radical (unpaired) electrons. The van der Waals surface area contributed by atoms with Crippen molar-refractivity contribution in [1.82, 2.24) is 24.7 Å². The van der Waals surface area contributed by atoms with Crippen LogP contribution in [0.2, 0.25) is 0 Å². The lowest BCUT2D eigenvalue weighted by Gasteiger charge is -2.15. The number of ether oxygens (including phenoxy) is 1. The molecule has 2 heterocycles. The summed E-state index contributed by atoms with van der Waals surface area (Å²) in [5, 5.41) is 10.3. The Balaban J connectivity index is 1.80. The monoisotopic (exact) mass is 434 g/mol. The number of carbonyl (C=O) groups excluding carboxylic acids is 1. The molecule has 0 fully saturated rings. The van der Waals surface area contributed by atoms with Crippen LogP contribution in [0.15, 0.2) is 53.6 Å². The highest BCUT2D eigenvalue weighted by molar-refractivity contribution is 7.89. The number of pyridine rings is 1. The number of hydrogen-bond donors (Lipinski definition) is 2. The topological polar surface area (TPSA) is 128 Å². The van der Waals surface area contributed by atoms with E-state index in [0.29, 0.717) is 5.56 Å². The Kier molecular flexibility index (Phi) is 6.37. The normalized spacial score (nSPS) is 12.4. The van der Waals surface area contributed by atoms with Crippen molar-refractivity contribution in [3.05, 3.63) is 54.2 Å². The number of sulfonamides is 1. The Morgan fingerprint density at radius 2 is 1.97 bits per heavy atom. The van der Waals surface area contributed by atoms with Crippen molar-refractivity contribution in [2.24, 2.45) is 7.05 Å². The number of hydrogen-bond acceptors (Lipinski definition) is 7. The molecule has 0 aliphatic rings. The molecule has 1 atom stereocenters. The molecular formula is C18H19FN6O4S. The largest absolute Gasteiger partial charge is 0.438 e. The summed E-state index contributed by atoms with van der Waals surface area (Å²) in [6.45, 7) is -0.892. The molecule has 3 aromatic rings. The summed E-state index contributed by atoms with van der Waals surface area (Å²) in [5.41, 5.74) is 0.986. The summed E-state index contributed by atoms with van der Waals surface area (Å²) in [5.74, 6) is 0.155. The van der Waals surface area contributed by atoms with Gasteiger partial charge in [0.15, 0.2) is 17.6 Å². The second-order valence-electron chi connectivity index (χ2n) is 6.08. The Morgan fingerprint density at radius 1 is 1.23 bits per heavy atom. The molecule has 2 N–H and O–H groups in total. The van der Waals surface area contributed by atoms with Gasteiger partial charge in [0.25, 0.3) is 0 Å². The number of carbonyl (C=O) groups is 1. The van der Waals surface area contributed by atoms with E-state index in [9.17, 15) is 17.6 Å². The highest BCUT2D eigenvalue weighted by Gasteiger charge is 2.21. The predicted octanol–water partition coefficient (Wildman–Crippen LogP) is 2.04. The lowest BCUT2D eigenvalue weighted by atomic mass is 10.1. The zero-order valence-corrected chi connectivity index (χ0v) is 16.9. The number of amides is 1. The third-order valence-corrected chi connectivity index (χ3v) is 5.57. The Labute approximate surface area is 172 Å². The maximum Gasteiger partial charge on any atom is 0.413 e. The van der Waals surface area contributed by atoms with E-state index in [4.69, 9.17) is 4.74 Å². The molecule has 158 valence electrons. The number of nitrogens with one attached hydrogen (secondary N) is 2. The average molecular weight is 434 g/mol. The molecule has 1 amide bonds. The number of aromatic nitrogens is 4. The Morgan fingerprint density at radius 3 is 2.57 bits per heavy atom. The highest BCUT2D eigenvalue weighted by atomic mass is 32.2. The average Bonchev–Trinajstić information content (AvgIpc) is 3.12. The van der Waals surface area contributed by atoms with Gasteiger partial charge in [-0.25, -0.2) is 27.0 Å².